The molecule has 0 radical (unpaired) electrons. The lowest BCUT2D eigenvalue weighted by Crippen LogP contribution is -2.48. The maximum atomic E-state index is 14.3. The average Bonchev–Trinajstić information content (AvgIpc) is 3.76. The number of nitrogens with two attached hydrogens (primary N) is 1. The summed E-state index contributed by atoms with van der Waals surface area (Å²) in [6.07, 6.45) is 5.06. The van der Waals surface area contributed by atoms with E-state index in [0.29, 0.717) is 5.56 Å². The SMILES string of the molecule is CCC1(c2ccc(CC(N)(c3cccc(N(CC(=O)OC(C)(C)C)C(=O)OC(C)(C)C)n3)S(=O)(=O)c3cccnc3)cc2)CC1. The molecule has 1 amide bonds. The molecule has 1 fully saturated rings. The van der Waals surface area contributed by atoms with Crippen LogP contribution in [0.4, 0.5) is 10.6 Å². The Bertz CT molecular complexity index is 1630. The van der Waals surface area contributed by atoms with E-state index in [1.165, 1.54) is 42.2 Å². The van der Waals surface area contributed by atoms with E-state index in [2.05, 4.69) is 16.9 Å². The van der Waals surface area contributed by atoms with Gasteiger partial charge in [-0.2, -0.15) is 0 Å². The molecule has 1 aliphatic carbocycles. The minimum Gasteiger partial charge on any atom is -0.459 e. The quantitative estimate of drug-likeness (QED) is 0.272. The fourth-order valence-corrected chi connectivity index (χ4v) is 6.81. The molecule has 3 aromatic rings. The van der Waals surface area contributed by atoms with Gasteiger partial charge in [0.15, 0.2) is 4.87 Å². The summed E-state index contributed by atoms with van der Waals surface area (Å²) < 4.78 is 39.6. The van der Waals surface area contributed by atoms with Gasteiger partial charge in [-0.25, -0.2) is 18.2 Å². The molecule has 1 aliphatic rings. The normalized spacial score (nSPS) is 15.9. The van der Waals surface area contributed by atoms with Gasteiger partial charge in [-0.3, -0.25) is 14.7 Å². The van der Waals surface area contributed by atoms with E-state index in [1.54, 1.807) is 47.6 Å². The number of hydrogen-bond donors (Lipinski definition) is 1. The van der Waals surface area contributed by atoms with E-state index in [0.717, 1.165) is 24.2 Å². The van der Waals surface area contributed by atoms with Gasteiger partial charge in [0.2, 0.25) is 9.84 Å². The Morgan fingerprint density at radius 2 is 1.58 bits per heavy atom. The number of pyridine rings is 2. The first-order valence-electron chi connectivity index (χ1n) is 15.1. The number of rotatable bonds is 10. The smallest absolute Gasteiger partial charge is 0.416 e. The van der Waals surface area contributed by atoms with Crippen molar-refractivity contribution in [3.8, 4) is 0 Å². The van der Waals surface area contributed by atoms with Crippen LogP contribution in [0.5, 0.6) is 0 Å². The van der Waals surface area contributed by atoms with E-state index in [4.69, 9.17) is 15.2 Å². The Morgan fingerprint density at radius 3 is 2.11 bits per heavy atom. The highest BCUT2D eigenvalue weighted by Gasteiger charge is 2.46. The number of nitrogens with zero attached hydrogens (tertiary/aromatic N) is 3. The molecule has 1 saturated carbocycles. The van der Waals surface area contributed by atoms with E-state index >= 15 is 0 Å². The summed E-state index contributed by atoms with van der Waals surface area (Å²) in [7, 11) is -4.29. The molecule has 2 heterocycles. The fourth-order valence-electron chi connectivity index (χ4n) is 5.18. The molecule has 1 atom stereocenters. The van der Waals surface area contributed by atoms with Gasteiger partial charge in [-0.15, -0.1) is 0 Å². The number of aromatic nitrogens is 2. The Morgan fingerprint density at radius 1 is 0.933 bits per heavy atom. The minimum atomic E-state index is -4.29. The number of ether oxygens (including phenoxy) is 2. The molecule has 2 aromatic heterocycles. The zero-order chi connectivity index (χ0) is 33.3. The van der Waals surface area contributed by atoms with Gasteiger partial charge in [-0.1, -0.05) is 37.3 Å². The molecular weight excluding hydrogens is 592 g/mol. The second-order valence-corrected chi connectivity index (χ2v) is 15.8. The first kappa shape index (κ1) is 34.1. The number of esters is 1. The van der Waals surface area contributed by atoms with Crippen molar-refractivity contribution >= 4 is 27.7 Å². The van der Waals surface area contributed by atoms with Crippen molar-refractivity contribution in [1.29, 1.82) is 0 Å². The number of hydrogen-bond acceptors (Lipinski definition) is 9. The first-order valence-corrected chi connectivity index (χ1v) is 16.6. The van der Waals surface area contributed by atoms with Crippen molar-refractivity contribution in [2.45, 2.75) is 101 Å². The van der Waals surface area contributed by atoms with Crippen LogP contribution in [0.25, 0.3) is 0 Å². The average molecular weight is 637 g/mol. The van der Waals surface area contributed by atoms with Crippen LogP contribution in [0.1, 0.15) is 84.5 Å². The summed E-state index contributed by atoms with van der Waals surface area (Å²) in [6, 6.07) is 15.4. The lowest BCUT2D eigenvalue weighted by molar-refractivity contribution is -0.153. The Balaban J connectivity index is 1.80. The van der Waals surface area contributed by atoms with Crippen LogP contribution in [0, 0.1) is 0 Å². The highest BCUT2D eigenvalue weighted by atomic mass is 32.2. The largest absolute Gasteiger partial charge is 0.459 e. The predicted molar refractivity (Wildman–Crippen MR) is 172 cm³/mol. The van der Waals surface area contributed by atoms with E-state index < -0.39 is 44.5 Å². The highest BCUT2D eigenvalue weighted by Crippen LogP contribution is 2.50. The van der Waals surface area contributed by atoms with Gasteiger partial charge in [0.1, 0.15) is 23.6 Å². The second-order valence-electron chi connectivity index (χ2n) is 13.6. The lowest BCUT2D eigenvalue weighted by Gasteiger charge is -2.31. The zero-order valence-corrected chi connectivity index (χ0v) is 28.0. The number of anilines is 1. The highest BCUT2D eigenvalue weighted by molar-refractivity contribution is 7.92. The molecule has 242 valence electrons. The monoisotopic (exact) mass is 636 g/mol. The van der Waals surface area contributed by atoms with Crippen molar-refractivity contribution in [3.05, 3.63) is 83.8 Å². The molecule has 0 spiro atoms. The molecule has 1 aromatic carbocycles. The van der Waals surface area contributed by atoms with Crippen LogP contribution in [0.3, 0.4) is 0 Å². The first-order chi connectivity index (χ1) is 20.9. The van der Waals surface area contributed by atoms with Crippen LogP contribution >= 0.6 is 0 Å². The van der Waals surface area contributed by atoms with Crippen LogP contribution in [-0.4, -0.2) is 48.2 Å². The number of sulfone groups is 1. The molecule has 0 bridgehead atoms. The molecular formula is C34H44N4O6S. The van der Waals surface area contributed by atoms with Gasteiger partial charge < -0.3 is 15.2 Å². The van der Waals surface area contributed by atoms with E-state index in [-0.39, 0.29) is 28.2 Å². The Hall–Kier alpha value is -3.83. The van der Waals surface area contributed by atoms with Crippen LogP contribution in [0.15, 0.2) is 71.9 Å². The van der Waals surface area contributed by atoms with E-state index in [9.17, 15) is 18.0 Å². The van der Waals surface area contributed by atoms with Crippen molar-refractivity contribution < 1.29 is 27.5 Å². The number of carbonyl (C=O) groups is 2. The summed E-state index contributed by atoms with van der Waals surface area (Å²) in [6.45, 7) is 11.9. The summed E-state index contributed by atoms with van der Waals surface area (Å²) >= 11 is 0. The van der Waals surface area contributed by atoms with Crippen LogP contribution in [-0.2, 0) is 40.8 Å². The zero-order valence-electron chi connectivity index (χ0n) is 27.2. The van der Waals surface area contributed by atoms with Crippen molar-refractivity contribution in [1.82, 2.24) is 9.97 Å². The van der Waals surface area contributed by atoms with Gasteiger partial charge in [0.05, 0.1) is 10.6 Å². The maximum absolute atomic E-state index is 14.3. The lowest BCUT2D eigenvalue weighted by atomic mass is 9.91. The molecule has 11 heteroatoms. The molecule has 10 nitrogen and oxygen atoms in total. The van der Waals surface area contributed by atoms with Gasteiger partial charge >= 0.3 is 12.1 Å². The fraction of sp³-hybridized carbons (Fsp3) is 0.471. The molecule has 45 heavy (non-hydrogen) atoms. The molecule has 0 saturated heterocycles. The molecule has 2 N–H and O–H groups in total. The summed E-state index contributed by atoms with van der Waals surface area (Å²) in [5, 5.41) is 0. The maximum Gasteiger partial charge on any atom is 0.416 e. The minimum absolute atomic E-state index is 0.0158. The molecule has 0 aliphatic heterocycles. The Labute approximate surface area is 266 Å². The Kier molecular flexibility index (Phi) is 9.47. The number of amides is 1. The van der Waals surface area contributed by atoms with Gasteiger partial charge in [-0.05, 0) is 102 Å². The molecule has 4 rings (SSSR count). The summed E-state index contributed by atoms with van der Waals surface area (Å²) in [4.78, 5) is 33.7. The third-order valence-electron chi connectivity index (χ3n) is 7.75. The van der Waals surface area contributed by atoms with Crippen molar-refractivity contribution in [2.24, 2.45) is 5.73 Å². The van der Waals surface area contributed by atoms with Crippen molar-refractivity contribution in [2.75, 3.05) is 11.4 Å². The third kappa shape index (κ3) is 7.88. The van der Waals surface area contributed by atoms with Gasteiger partial charge in [0, 0.05) is 18.8 Å². The topological polar surface area (TPSA) is 142 Å². The van der Waals surface area contributed by atoms with Gasteiger partial charge in [0.25, 0.3) is 0 Å². The van der Waals surface area contributed by atoms with Crippen LogP contribution in [0.2, 0.25) is 0 Å². The third-order valence-corrected chi connectivity index (χ3v) is 9.93. The van der Waals surface area contributed by atoms with Crippen LogP contribution < -0.4 is 10.6 Å². The standard InChI is InChI=1S/C34H44N4O6S/c1-8-33(18-19-33)25-16-14-24(15-17-25)21-34(35,45(41,42)26-11-10-20-36-22-26)27-12-9-13-28(37-27)38(30(40)44-32(5,6)7)23-29(39)43-31(2,3)4/h9-17,20,22H,8,18-19,21,23,35H2,1-7H3. The molecule has 1 unspecified atom stereocenters. The number of benzene rings is 1. The van der Waals surface area contributed by atoms with Crippen molar-refractivity contribution in [3.63, 3.8) is 0 Å². The summed E-state index contributed by atoms with van der Waals surface area (Å²) in [5.74, 6) is -0.707. The summed E-state index contributed by atoms with van der Waals surface area (Å²) in [5.41, 5.74) is 7.36. The second kappa shape index (κ2) is 12.5. The predicted octanol–water partition coefficient (Wildman–Crippen LogP) is 5.83. The van der Waals surface area contributed by atoms with E-state index in [1.807, 2.05) is 24.3 Å². The number of carbonyl (C=O) groups excluding carboxylic acids is 2.